The van der Waals surface area contributed by atoms with Crippen LogP contribution in [0.5, 0.6) is 0 Å². The Morgan fingerprint density at radius 1 is 1.20 bits per heavy atom. The minimum Gasteiger partial charge on any atom is -0.392 e. The Balaban J connectivity index is 2.19. The van der Waals surface area contributed by atoms with Gasteiger partial charge in [-0.3, -0.25) is 10.1 Å². The van der Waals surface area contributed by atoms with Gasteiger partial charge in [-0.1, -0.05) is 18.2 Å². The number of anilines is 1. The molecule has 104 valence electrons. The third-order valence-corrected chi connectivity index (χ3v) is 3.57. The number of rotatable bonds is 5. The second-order valence-electron chi connectivity index (χ2n) is 4.20. The molecule has 0 aliphatic carbocycles. The van der Waals surface area contributed by atoms with Crippen molar-refractivity contribution in [1.82, 2.24) is 0 Å². The minimum absolute atomic E-state index is 0.0734. The van der Waals surface area contributed by atoms with Gasteiger partial charge in [0.25, 0.3) is 5.69 Å². The fourth-order valence-corrected chi connectivity index (χ4v) is 2.45. The van der Waals surface area contributed by atoms with E-state index in [-0.39, 0.29) is 12.3 Å². The van der Waals surface area contributed by atoms with Crippen molar-refractivity contribution in [1.29, 1.82) is 0 Å². The maximum absolute atomic E-state index is 10.9. The fraction of sp³-hybridized carbons (Fsp3) is 0.143. The van der Waals surface area contributed by atoms with Gasteiger partial charge < -0.3 is 10.4 Å². The van der Waals surface area contributed by atoms with Crippen molar-refractivity contribution >= 4 is 34.0 Å². The van der Waals surface area contributed by atoms with Gasteiger partial charge in [0.2, 0.25) is 0 Å². The Hall–Kier alpha value is -1.67. The first-order valence-corrected chi connectivity index (χ1v) is 7.05. The third-order valence-electron chi connectivity index (χ3n) is 2.90. The highest BCUT2D eigenvalue weighted by atomic mass is 127. The molecule has 0 saturated heterocycles. The van der Waals surface area contributed by atoms with Gasteiger partial charge in [0.05, 0.1) is 11.5 Å². The van der Waals surface area contributed by atoms with E-state index in [1.54, 1.807) is 18.2 Å². The Morgan fingerprint density at radius 3 is 2.65 bits per heavy atom. The number of hydrogen-bond acceptors (Lipinski definition) is 4. The average Bonchev–Trinajstić information content (AvgIpc) is 2.46. The molecule has 0 atom stereocenters. The molecule has 0 bridgehead atoms. The molecule has 0 aliphatic rings. The first kappa shape index (κ1) is 14.7. The number of halogens is 1. The van der Waals surface area contributed by atoms with Crippen molar-refractivity contribution < 1.29 is 10.0 Å². The lowest BCUT2D eigenvalue weighted by molar-refractivity contribution is -0.385. The third kappa shape index (κ3) is 3.45. The molecule has 0 radical (unpaired) electrons. The Morgan fingerprint density at radius 2 is 1.95 bits per heavy atom. The number of nitrogens with zero attached hydrogens (tertiary/aromatic N) is 1. The van der Waals surface area contributed by atoms with Crippen LogP contribution in [0, 0.1) is 13.7 Å². The molecular formula is C14H13IN2O3. The van der Waals surface area contributed by atoms with Gasteiger partial charge in [-0.15, -0.1) is 0 Å². The topological polar surface area (TPSA) is 75.4 Å². The lowest BCUT2D eigenvalue weighted by Gasteiger charge is -2.11. The second-order valence-corrected chi connectivity index (χ2v) is 5.44. The molecule has 20 heavy (non-hydrogen) atoms. The quantitative estimate of drug-likeness (QED) is 0.471. The summed E-state index contributed by atoms with van der Waals surface area (Å²) in [6.45, 7) is 0.265. The van der Waals surface area contributed by atoms with Crippen molar-refractivity contribution in [2.24, 2.45) is 0 Å². The molecule has 0 heterocycles. The van der Waals surface area contributed by atoms with Crippen molar-refractivity contribution in [2.75, 3.05) is 5.32 Å². The number of nitro groups is 1. The van der Waals surface area contributed by atoms with Crippen molar-refractivity contribution in [2.45, 2.75) is 13.2 Å². The van der Waals surface area contributed by atoms with E-state index in [1.807, 2.05) is 18.2 Å². The van der Waals surface area contributed by atoms with Gasteiger partial charge in [-0.2, -0.15) is 0 Å². The molecule has 0 amide bonds. The van der Waals surface area contributed by atoms with E-state index in [2.05, 4.69) is 27.9 Å². The summed E-state index contributed by atoms with van der Waals surface area (Å²) in [5, 5.41) is 23.4. The van der Waals surface area contributed by atoms with Crippen LogP contribution in [0.25, 0.3) is 0 Å². The van der Waals surface area contributed by atoms with Gasteiger partial charge in [-0.05, 0) is 40.8 Å². The summed E-state index contributed by atoms with van der Waals surface area (Å²) < 4.78 is 1.03. The molecule has 0 saturated carbocycles. The maximum atomic E-state index is 10.9. The molecule has 0 unspecified atom stereocenters. The number of para-hydroxylation sites is 1. The van der Waals surface area contributed by atoms with Gasteiger partial charge >= 0.3 is 0 Å². The maximum Gasteiger partial charge on any atom is 0.274 e. The number of aliphatic hydroxyl groups is 1. The second kappa shape index (κ2) is 6.67. The van der Waals surface area contributed by atoms with E-state index in [0.29, 0.717) is 12.1 Å². The Labute approximate surface area is 129 Å². The highest BCUT2D eigenvalue weighted by Gasteiger charge is 2.12. The summed E-state index contributed by atoms with van der Waals surface area (Å²) in [7, 11) is 0. The van der Waals surface area contributed by atoms with E-state index in [4.69, 9.17) is 0 Å². The summed E-state index contributed by atoms with van der Waals surface area (Å²) in [6, 6.07) is 12.3. The van der Waals surface area contributed by atoms with Gasteiger partial charge in [0, 0.05) is 33.0 Å². The first-order chi connectivity index (χ1) is 9.61. The molecule has 0 aromatic heterocycles. The van der Waals surface area contributed by atoms with Crippen LogP contribution in [0.15, 0.2) is 42.5 Å². The average molecular weight is 384 g/mol. The number of hydrogen-bond donors (Lipinski definition) is 2. The summed E-state index contributed by atoms with van der Waals surface area (Å²) >= 11 is 2.17. The summed E-state index contributed by atoms with van der Waals surface area (Å²) in [5.41, 5.74) is 2.26. The van der Waals surface area contributed by atoms with Crippen LogP contribution in [0.2, 0.25) is 0 Å². The lowest BCUT2D eigenvalue weighted by atomic mass is 10.1. The predicted octanol–water partition coefficient (Wildman–Crippen LogP) is 3.30. The van der Waals surface area contributed by atoms with Crippen LogP contribution in [-0.2, 0) is 13.2 Å². The molecule has 0 aliphatic heterocycles. The molecule has 2 rings (SSSR count). The van der Waals surface area contributed by atoms with Crippen LogP contribution >= 0.6 is 22.6 Å². The van der Waals surface area contributed by atoms with Gasteiger partial charge in [0.1, 0.15) is 0 Å². The first-order valence-electron chi connectivity index (χ1n) is 5.97. The van der Waals surface area contributed by atoms with E-state index >= 15 is 0 Å². The Kier molecular flexibility index (Phi) is 4.91. The normalized spacial score (nSPS) is 10.3. The van der Waals surface area contributed by atoms with Crippen molar-refractivity contribution in [3.63, 3.8) is 0 Å². The molecule has 0 spiro atoms. The highest BCUT2D eigenvalue weighted by Crippen LogP contribution is 2.22. The van der Waals surface area contributed by atoms with E-state index < -0.39 is 4.92 Å². The van der Waals surface area contributed by atoms with E-state index in [9.17, 15) is 15.2 Å². The van der Waals surface area contributed by atoms with Gasteiger partial charge in [0.15, 0.2) is 0 Å². The zero-order valence-electron chi connectivity index (χ0n) is 10.5. The number of nitrogens with one attached hydrogen (secondary N) is 1. The van der Waals surface area contributed by atoms with Crippen LogP contribution < -0.4 is 5.32 Å². The molecule has 2 N–H and O–H groups in total. The SMILES string of the molecule is O=[N+]([O-])c1ccccc1CNc1ccc(I)cc1CO. The fourth-order valence-electron chi connectivity index (χ4n) is 1.89. The van der Waals surface area contributed by atoms with Gasteiger partial charge in [-0.25, -0.2) is 0 Å². The van der Waals surface area contributed by atoms with Crippen LogP contribution in [0.4, 0.5) is 11.4 Å². The van der Waals surface area contributed by atoms with Crippen LogP contribution in [0.1, 0.15) is 11.1 Å². The zero-order chi connectivity index (χ0) is 14.5. The van der Waals surface area contributed by atoms with Crippen LogP contribution in [-0.4, -0.2) is 10.0 Å². The van der Waals surface area contributed by atoms with E-state index in [0.717, 1.165) is 14.8 Å². The number of aliphatic hydroxyl groups excluding tert-OH is 1. The van der Waals surface area contributed by atoms with Crippen LogP contribution in [0.3, 0.4) is 0 Å². The smallest absolute Gasteiger partial charge is 0.274 e. The standard InChI is InChI=1S/C14H13IN2O3/c15-12-5-6-13(11(7-12)9-18)16-8-10-3-1-2-4-14(10)17(19)20/h1-7,16,18H,8-9H2. The monoisotopic (exact) mass is 384 g/mol. The Bertz CT molecular complexity index is 632. The minimum atomic E-state index is -0.391. The summed E-state index contributed by atoms with van der Waals surface area (Å²) in [4.78, 5) is 10.5. The molecule has 0 fully saturated rings. The highest BCUT2D eigenvalue weighted by molar-refractivity contribution is 14.1. The van der Waals surface area contributed by atoms with Crippen molar-refractivity contribution in [3.8, 4) is 0 Å². The van der Waals surface area contributed by atoms with E-state index in [1.165, 1.54) is 6.07 Å². The zero-order valence-corrected chi connectivity index (χ0v) is 12.7. The van der Waals surface area contributed by atoms with Crippen molar-refractivity contribution in [3.05, 3.63) is 67.3 Å². The largest absolute Gasteiger partial charge is 0.392 e. The molecule has 5 nitrogen and oxygen atoms in total. The molecule has 2 aromatic carbocycles. The number of benzene rings is 2. The molecular weight excluding hydrogens is 371 g/mol. The molecule has 2 aromatic rings. The predicted molar refractivity (Wildman–Crippen MR) is 85.5 cm³/mol. The summed E-state index contributed by atoms with van der Waals surface area (Å²) in [5.74, 6) is 0. The molecule has 6 heteroatoms. The number of nitro benzene ring substituents is 1. The lowest BCUT2D eigenvalue weighted by Crippen LogP contribution is -2.05. The summed E-state index contributed by atoms with van der Waals surface area (Å²) in [6.07, 6.45) is 0.